The number of methoxy groups -OCH3 is 1. The van der Waals surface area contributed by atoms with Gasteiger partial charge in [-0.1, -0.05) is 50.6 Å². The van der Waals surface area contributed by atoms with Gasteiger partial charge in [0.25, 0.3) is 0 Å². The van der Waals surface area contributed by atoms with Gasteiger partial charge in [0, 0.05) is 24.5 Å². The molecule has 33 heavy (non-hydrogen) atoms. The monoisotopic (exact) mass is 474 g/mol. The molecule has 0 aliphatic rings. The first-order valence-electron chi connectivity index (χ1n) is 11.4. The van der Waals surface area contributed by atoms with E-state index in [1.807, 2.05) is 63.2 Å². The summed E-state index contributed by atoms with van der Waals surface area (Å²) in [5, 5.41) is 3.55. The van der Waals surface area contributed by atoms with E-state index >= 15 is 0 Å². The molecule has 2 aromatic carbocycles. The zero-order valence-electron chi connectivity index (χ0n) is 20.0. The topological polar surface area (TPSA) is 67.9 Å². The van der Waals surface area contributed by atoms with Crippen molar-refractivity contribution >= 4 is 23.4 Å². The number of rotatable bonds is 13. The fraction of sp³-hybridized carbons (Fsp3) is 0.462. The van der Waals surface area contributed by atoms with E-state index in [0.717, 1.165) is 17.1 Å². The molecule has 0 heterocycles. The van der Waals surface area contributed by atoms with Gasteiger partial charge >= 0.3 is 0 Å². The number of carbonyl (C=O) groups excluding carboxylic acids is 2. The summed E-state index contributed by atoms with van der Waals surface area (Å²) in [6.07, 6.45) is 1.32. The summed E-state index contributed by atoms with van der Waals surface area (Å²) in [5.41, 5.74) is 0.817. The Bertz CT molecular complexity index is 886. The van der Waals surface area contributed by atoms with Gasteiger partial charge < -0.3 is 19.7 Å². The molecule has 180 valence electrons. The molecule has 0 saturated carbocycles. The largest absolute Gasteiger partial charge is 0.497 e. The second-order valence-corrected chi connectivity index (χ2v) is 8.71. The van der Waals surface area contributed by atoms with Crippen LogP contribution in [0.1, 0.15) is 45.6 Å². The van der Waals surface area contributed by atoms with E-state index in [4.69, 9.17) is 21.1 Å². The predicted molar refractivity (Wildman–Crippen MR) is 132 cm³/mol. The molecule has 0 aromatic heterocycles. The van der Waals surface area contributed by atoms with E-state index in [1.165, 1.54) is 0 Å². The summed E-state index contributed by atoms with van der Waals surface area (Å²) >= 11 is 6.35. The molecule has 0 fully saturated rings. The van der Waals surface area contributed by atoms with Gasteiger partial charge in [0.05, 0.1) is 13.7 Å². The fourth-order valence-corrected chi connectivity index (χ4v) is 3.58. The van der Waals surface area contributed by atoms with Crippen LogP contribution in [0.2, 0.25) is 5.02 Å². The maximum atomic E-state index is 13.2. The molecule has 0 aliphatic heterocycles. The SMILES string of the molecule is CCC(C(=O)NCC(C)C)N(Cc1ccccc1Cl)C(=O)CCCOc1ccc(OC)cc1. The van der Waals surface area contributed by atoms with Crippen LogP contribution in [-0.2, 0) is 16.1 Å². The maximum Gasteiger partial charge on any atom is 0.242 e. The number of halogens is 1. The minimum Gasteiger partial charge on any atom is -0.497 e. The molecule has 1 atom stereocenters. The zero-order valence-corrected chi connectivity index (χ0v) is 20.7. The average Bonchev–Trinajstić information content (AvgIpc) is 2.81. The summed E-state index contributed by atoms with van der Waals surface area (Å²) in [7, 11) is 1.61. The average molecular weight is 475 g/mol. The Balaban J connectivity index is 2.04. The molecule has 2 aromatic rings. The lowest BCUT2D eigenvalue weighted by atomic mass is 10.1. The number of amides is 2. The molecular formula is C26H35ClN2O4. The number of hydrogen-bond donors (Lipinski definition) is 1. The molecular weight excluding hydrogens is 440 g/mol. The van der Waals surface area contributed by atoms with E-state index in [-0.39, 0.29) is 24.8 Å². The highest BCUT2D eigenvalue weighted by atomic mass is 35.5. The van der Waals surface area contributed by atoms with E-state index in [0.29, 0.717) is 36.9 Å². The Morgan fingerprint density at radius 2 is 1.73 bits per heavy atom. The molecule has 7 heteroatoms. The van der Waals surface area contributed by atoms with Gasteiger partial charge in [0.15, 0.2) is 0 Å². The standard InChI is InChI=1S/C26H35ClN2O4/c1-5-24(26(31)28-17-19(2)3)29(18-20-9-6-7-10-23(20)27)25(30)11-8-16-33-22-14-12-21(32-4)13-15-22/h6-7,9-10,12-15,19,24H,5,8,11,16-18H2,1-4H3,(H,28,31). The van der Waals surface area contributed by atoms with E-state index in [9.17, 15) is 9.59 Å². The summed E-state index contributed by atoms with van der Waals surface area (Å²) in [5.74, 6) is 1.57. The Morgan fingerprint density at radius 3 is 2.33 bits per heavy atom. The highest BCUT2D eigenvalue weighted by Gasteiger charge is 2.28. The summed E-state index contributed by atoms with van der Waals surface area (Å²) < 4.78 is 10.9. The van der Waals surface area contributed by atoms with Gasteiger partial charge in [0.1, 0.15) is 17.5 Å². The molecule has 1 N–H and O–H groups in total. The lowest BCUT2D eigenvalue weighted by Crippen LogP contribution is -2.49. The van der Waals surface area contributed by atoms with Gasteiger partial charge in [-0.3, -0.25) is 9.59 Å². The first-order valence-corrected chi connectivity index (χ1v) is 11.8. The second kappa shape index (κ2) is 13.7. The molecule has 0 bridgehead atoms. The second-order valence-electron chi connectivity index (χ2n) is 8.30. The number of benzene rings is 2. The van der Waals surface area contributed by atoms with Crippen LogP contribution in [0.15, 0.2) is 48.5 Å². The number of hydrogen-bond acceptors (Lipinski definition) is 4. The summed E-state index contributed by atoms with van der Waals surface area (Å²) in [6.45, 7) is 7.24. The van der Waals surface area contributed by atoms with Crippen LogP contribution in [0.4, 0.5) is 0 Å². The van der Waals surface area contributed by atoms with Crippen LogP contribution in [0.3, 0.4) is 0 Å². The molecule has 6 nitrogen and oxygen atoms in total. The molecule has 2 amide bonds. The first-order chi connectivity index (χ1) is 15.8. The smallest absolute Gasteiger partial charge is 0.242 e. The molecule has 0 radical (unpaired) electrons. The van der Waals surface area contributed by atoms with Gasteiger partial charge in [-0.05, 0) is 54.7 Å². The number of ether oxygens (including phenoxy) is 2. The van der Waals surface area contributed by atoms with Crippen molar-refractivity contribution in [2.75, 3.05) is 20.3 Å². The van der Waals surface area contributed by atoms with Crippen molar-refractivity contribution in [2.24, 2.45) is 5.92 Å². The fourth-order valence-electron chi connectivity index (χ4n) is 3.38. The zero-order chi connectivity index (χ0) is 24.2. The third-order valence-electron chi connectivity index (χ3n) is 5.23. The van der Waals surface area contributed by atoms with Crippen LogP contribution >= 0.6 is 11.6 Å². The Kier molecular flexibility index (Phi) is 11.0. The van der Waals surface area contributed by atoms with E-state index in [2.05, 4.69) is 5.32 Å². The maximum absolute atomic E-state index is 13.2. The van der Waals surface area contributed by atoms with Gasteiger partial charge in [0.2, 0.25) is 11.8 Å². The van der Waals surface area contributed by atoms with E-state index in [1.54, 1.807) is 18.1 Å². The van der Waals surface area contributed by atoms with Crippen molar-refractivity contribution in [2.45, 2.75) is 52.6 Å². The van der Waals surface area contributed by atoms with E-state index < -0.39 is 6.04 Å². The third-order valence-corrected chi connectivity index (χ3v) is 5.60. The van der Waals surface area contributed by atoms with Crippen LogP contribution < -0.4 is 14.8 Å². The Morgan fingerprint density at radius 1 is 1.06 bits per heavy atom. The van der Waals surface area contributed by atoms with Crippen LogP contribution in [0.25, 0.3) is 0 Å². The predicted octanol–water partition coefficient (Wildman–Crippen LogP) is 5.09. The number of nitrogens with one attached hydrogen (secondary N) is 1. The van der Waals surface area contributed by atoms with Crippen molar-refractivity contribution in [1.82, 2.24) is 10.2 Å². The van der Waals surface area contributed by atoms with Crippen LogP contribution in [0, 0.1) is 5.92 Å². The summed E-state index contributed by atoms with van der Waals surface area (Å²) in [6, 6.07) is 14.2. The van der Waals surface area contributed by atoms with Gasteiger partial charge in [-0.2, -0.15) is 0 Å². The number of carbonyl (C=O) groups is 2. The summed E-state index contributed by atoms with van der Waals surface area (Å²) in [4.78, 5) is 27.8. The highest BCUT2D eigenvalue weighted by molar-refractivity contribution is 6.31. The Labute approximate surface area is 202 Å². The van der Waals surface area contributed by atoms with Gasteiger partial charge in [-0.25, -0.2) is 0 Å². The third kappa shape index (κ3) is 8.61. The van der Waals surface area contributed by atoms with Crippen molar-refractivity contribution in [3.8, 4) is 11.5 Å². The van der Waals surface area contributed by atoms with Crippen molar-refractivity contribution in [1.29, 1.82) is 0 Å². The van der Waals surface area contributed by atoms with Crippen molar-refractivity contribution in [3.05, 3.63) is 59.1 Å². The molecule has 1 unspecified atom stereocenters. The number of nitrogens with zero attached hydrogens (tertiary/aromatic N) is 1. The highest BCUT2D eigenvalue weighted by Crippen LogP contribution is 2.21. The first kappa shape index (κ1) is 26.5. The minimum absolute atomic E-state index is 0.0974. The Hall–Kier alpha value is -2.73. The van der Waals surface area contributed by atoms with Crippen molar-refractivity contribution < 1.29 is 19.1 Å². The molecule has 0 aliphatic carbocycles. The minimum atomic E-state index is -0.560. The lowest BCUT2D eigenvalue weighted by molar-refractivity contribution is -0.141. The molecule has 0 saturated heterocycles. The quantitative estimate of drug-likeness (QED) is 0.411. The van der Waals surface area contributed by atoms with Crippen LogP contribution in [-0.4, -0.2) is 43.0 Å². The molecule has 2 rings (SSSR count). The van der Waals surface area contributed by atoms with Crippen LogP contribution in [0.5, 0.6) is 11.5 Å². The normalized spacial score (nSPS) is 11.7. The van der Waals surface area contributed by atoms with Crippen molar-refractivity contribution in [3.63, 3.8) is 0 Å². The lowest BCUT2D eigenvalue weighted by Gasteiger charge is -2.31. The molecule has 0 spiro atoms. The van der Waals surface area contributed by atoms with Gasteiger partial charge in [-0.15, -0.1) is 0 Å².